The van der Waals surface area contributed by atoms with Gasteiger partial charge in [0.1, 0.15) is 11.6 Å². The van der Waals surface area contributed by atoms with Gasteiger partial charge in [0.15, 0.2) is 11.2 Å². The Labute approximate surface area is 113 Å². The number of fused-ring (bicyclic) bond motifs is 1. The van der Waals surface area contributed by atoms with Crippen molar-refractivity contribution in [1.29, 1.82) is 0 Å². The van der Waals surface area contributed by atoms with Crippen LogP contribution in [0.15, 0.2) is 29.1 Å². The summed E-state index contributed by atoms with van der Waals surface area (Å²) in [6.45, 7) is 2.13. The number of benzene rings is 1. The van der Waals surface area contributed by atoms with Gasteiger partial charge in [0.2, 0.25) is 5.95 Å². The molecule has 0 amide bonds. The summed E-state index contributed by atoms with van der Waals surface area (Å²) < 4.78 is 15.0. The molecule has 102 valence electrons. The van der Waals surface area contributed by atoms with Crippen molar-refractivity contribution in [2.45, 2.75) is 13.5 Å². The molecule has 3 aromatic rings. The van der Waals surface area contributed by atoms with Gasteiger partial charge >= 0.3 is 0 Å². The lowest BCUT2D eigenvalue weighted by Crippen LogP contribution is -2.12. The van der Waals surface area contributed by atoms with Crippen molar-refractivity contribution in [3.05, 3.63) is 51.8 Å². The third-order valence-corrected chi connectivity index (χ3v) is 3.04. The number of nitrogen functional groups attached to an aromatic ring is 1. The number of aryl methyl sites for hydroxylation is 1. The van der Waals surface area contributed by atoms with Crippen LogP contribution in [0.5, 0.6) is 0 Å². The van der Waals surface area contributed by atoms with Crippen LogP contribution in [0.3, 0.4) is 0 Å². The number of halogens is 1. The SMILES string of the molecule is Cc1nc2c(=O)[nH]c(N)nc2n1Cc1cccc(F)c1. The second-order valence-corrected chi connectivity index (χ2v) is 4.50. The molecular formula is C13H12FN5O. The molecule has 3 N–H and O–H groups in total. The molecule has 2 heterocycles. The molecule has 0 atom stereocenters. The zero-order valence-corrected chi connectivity index (χ0v) is 10.7. The van der Waals surface area contributed by atoms with Crippen molar-refractivity contribution in [2.75, 3.05) is 5.73 Å². The number of nitrogens with zero attached hydrogens (tertiary/aromatic N) is 3. The lowest BCUT2D eigenvalue weighted by Gasteiger charge is -2.06. The van der Waals surface area contributed by atoms with Crippen LogP contribution in [-0.2, 0) is 6.54 Å². The fraction of sp³-hybridized carbons (Fsp3) is 0.154. The number of rotatable bonds is 2. The topological polar surface area (TPSA) is 89.6 Å². The molecular weight excluding hydrogens is 261 g/mol. The number of imidazole rings is 1. The average molecular weight is 273 g/mol. The van der Waals surface area contributed by atoms with E-state index < -0.39 is 0 Å². The van der Waals surface area contributed by atoms with E-state index in [2.05, 4.69) is 15.0 Å². The molecule has 0 aliphatic carbocycles. The smallest absolute Gasteiger partial charge is 0.280 e. The fourth-order valence-corrected chi connectivity index (χ4v) is 2.14. The molecule has 0 aliphatic heterocycles. The maximum atomic E-state index is 13.2. The first-order valence-corrected chi connectivity index (χ1v) is 6.01. The lowest BCUT2D eigenvalue weighted by atomic mass is 10.2. The van der Waals surface area contributed by atoms with Crippen molar-refractivity contribution in [3.63, 3.8) is 0 Å². The van der Waals surface area contributed by atoms with Crippen molar-refractivity contribution in [3.8, 4) is 0 Å². The molecule has 0 bridgehead atoms. The Hall–Kier alpha value is -2.70. The molecule has 3 rings (SSSR count). The monoisotopic (exact) mass is 273 g/mol. The predicted octanol–water partition coefficient (Wildman–Crippen LogP) is 1.20. The van der Waals surface area contributed by atoms with Gasteiger partial charge in [-0.15, -0.1) is 0 Å². The van der Waals surface area contributed by atoms with Gasteiger partial charge in [-0.3, -0.25) is 9.78 Å². The van der Waals surface area contributed by atoms with E-state index in [0.717, 1.165) is 5.56 Å². The molecule has 7 heteroatoms. The first-order chi connectivity index (χ1) is 9.54. The summed E-state index contributed by atoms with van der Waals surface area (Å²) in [5.74, 6) is 0.339. The number of aromatic nitrogens is 4. The average Bonchev–Trinajstić information content (AvgIpc) is 2.68. The highest BCUT2D eigenvalue weighted by atomic mass is 19.1. The molecule has 0 aliphatic rings. The molecule has 1 aromatic carbocycles. The van der Waals surface area contributed by atoms with E-state index in [1.165, 1.54) is 12.1 Å². The molecule has 0 saturated carbocycles. The fourth-order valence-electron chi connectivity index (χ4n) is 2.14. The van der Waals surface area contributed by atoms with Gasteiger partial charge in [-0.05, 0) is 24.6 Å². The Morgan fingerprint density at radius 1 is 1.40 bits per heavy atom. The number of H-pyrrole nitrogens is 1. The van der Waals surface area contributed by atoms with E-state index in [9.17, 15) is 9.18 Å². The summed E-state index contributed by atoms with van der Waals surface area (Å²) in [7, 11) is 0. The predicted molar refractivity (Wildman–Crippen MR) is 72.8 cm³/mol. The van der Waals surface area contributed by atoms with Crippen molar-refractivity contribution in [2.24, 2.45) is 0 Å². The Morgan fingerprint density at radius 3 is 2.95 bits per heavy atom. The molecule has 2 aromatic heterocycles. The van der Waals surface area contributed by atoms with Gasteiger partial charge in [0, 0.05) is 0 Å². The lowest BCUT2D eigenvalue weighted by molar-refractivity contribution is 0.623. The molecule has 0 saturated heterocycles. The van der Waals surface area contributed by atoms with E-state index in [0.29, 0.717) is 18.0 Å². The molecule has 0 spiro atoms. The van der Waals surface area contributed by atoms with Gasteiger partial charge in [-0.25, -0.2) is 9.37 Å². The first kappa shape index (κ1) is 12.3. The van der Waals surface area contributed by atoms with Crippen LogP contribution < -0.4 is 11.3 Å². The van der Waals surface area contributed by atoms with E-state index in [-0.39, 0.29) is 22.8 Å². The zero-order chi connectivity index (χ0) is 14.3. The zero-order valence-electron chi connectivity index (χ0n) is 10.7. The Balaban J connectivity index is 2.16. The standard InChI is InChI=1S/C13H12FN5O/c1-7-16-10-11(17-13(15)18-12(10)20)19(7)6-8-3-2-4-9(14)5-8/h2-5H,6H2,1H3,(H3,15,17,18,20). The Kier molecular flexibility index (Phi) is 2.74. The maximum absolute atomic E-state index is 13.2. The number of nitrogens with two attached hydrogens (primary N) is 1. The van der Waals surface area contributed by atoms with E-state index >= 15 is 0 Å². The summed E-state index contributed by atoms with van der Waals surface area (Å²) in [6.07, 6.45) is 0. The van der Waals surface area contributed by atoms with Crippen LogP contribution in [0.1, 0.15) is 11.4 Å². The van der Waals surface area contributed by atoms with Crippen molar-refractivity contribution < 1.29 is 4.39 Å². The summed E-state index contributed by atoms with van der Waals surface area (Å²) >= 11 is 0. The van der Waals surface area contributed by atoms with Crippen LogP contribution in [0.4, 0.5) is 10.3 Å². The number of anilines is 1. The number of nitrogens with one attached hydrogen (secondary N) is 1. The van der Waals surface area contributed by atoms with Crippen molar-refractivity contribution >= 4 is 17.1 Å². The second-order valence-electron chi connectivity index (χ2n) is 4.50. The number of aromatic amines is 1. The Bertz CT molecular complexity index is 852. The minimum atomic E-state index is -0.381. The van der Waals surface area contributed by atoms with Crippen LogP contribution in [0, 0.1) is 12.7 Å². The summed E-state index contributed by atoms with van der Waals surface area (Å²) in [5.41, 5.74) is 6.56. The quantitative estimate of drug-likeness (QED) is 0.734. The minimum Gasteiger partial charge on any atom is -0.369 e. The normalized spacial score (nSPS) is 11.1. The third kappa shape index (κ3) is 2.03. The van der Waals surface area contributed by atoms with Crippen LogP contribution >= 0.6 is 0 Å². The van der Waals surface area contributed by atoms with Gasteiger partial charge in [-0.2, -0.15) is 4.98 Å². The second kappa shape index (κ2) is 4.44. The minimum absolute atomic E-state index is 0.0305. The third-order valence-electron chi connectivity index (χ3n) is 3.04. The summed E-state index contributed by atoms with van der Waals surface area (Å²) in [4.78, 5) is 22.4. The van der Waals surface area contributed by atoms with Gasteiger partial charge in [0.05, 0.1) is 6.54 Å². The van der Waals surface area contributed by atoms with Crippen LogP contribution in [0.25, 0.3) is 11.2 Å². The number of hydrogen-bond acceptors (Lipinski definition) is 4. The van der Waals surface area contributed by atoms with E-state index in [1.54, 1.807) is 23.6 Å². The highest BCUT2D eigenvalue weighted by Crippen LogP contribution is 2.14. The molecule has 0 radical (unpaired) electrons. The van der Waals surface area contributed by atoms with E-state index in [1.807, 2.05) is 0 Å². The van der Waals surface area contributed by atoms with Crippen LogP contribution in [0.2, 0.25) is 0 Å². The first-order valence-electron chi connectivity index (χ1n) is 6.01. The Morgan fingerprint density at radius 2 is 2.20 bits per heavy atom. The van der Waals surface area contributed by atoms with Gasteiger partial charge in [-0.1, -0.05) is 12.1 Å². The van der Waals surface area contributed by atoms with Gasteiger partial charge in [0.25, 0.3) is 5.56 Å². The van der Waals surface area contributed by atoms with Crippen LogP contribution in [-0.4, -0.2) is 19.5 Å². The highest BCUT2D eigenvalue weighted by Gasteiger charge is 2.13. The summed E-state index contributed by atoms with van der Waals surface area (Å²) in [6, 6.07) is 6.24. The summed E-state index contributed by atoms with van der Waals surface area (Å²) in [5, 5.41) is 0. The molecule has 20 heavy (non-hydrogen) atoms. The number of hydrogen-bond donors (Lipinski definition) is 2. The highest BCUT2D eigenvalue weighted by molar-refractivity contribution is 5.71. The largest absolute Gasteiger partial charge is 0.369 e. The molecule has 0 unspecified atom stereocenters. The molecule has 6 nitrogen and oxygen atoms in total. The van der Waals surface area contributed by atoms with Gasteiger partial charge < -0.3 is 10.3 Å². The molecule has 0 fully saturated rings. The van der Waals surface area contributed by atoms with Crippen molar-refractivity contribution in [1.82, 2.24) is 19.5 Å². The maximum Gasteiger partial charge on any atom is 0.280 e. The van der Waals surface area contributed by atoms with E-state index in [4.69, 9.17) is 5.73 Å².